The van der Waals surface area contributed by atoms with Crippen LogP contribution in [0.3, 0.4) is 0 Å². The van der Waals surface area contributed by atoms with E-state index in [0.29, 0.717) is 74.1 Å². The fourth-order valence-corrected chi connectivity index (χ4v) is 4.45. The van der Waals surface area contributed by atoms with Crippen molar-refractivity contribution >= 4 is 24.9 Å². The lowest BCUT2D eigenvalue weighted by Crippen LogP contribution is -2.13. The first kappa shape index (κ1) is 33.1. The molecule has 1 heterocycles. The Morgan fingerprint density at radius 1 is 0.500 bits per heavy atom. The second-order valence-corrected chi connectivity index (χ2v) is 13.1. The Kier molecular flexibility index (Phi) is 11.6. The van der Waals surface area contributed by atoms with Gasteiger partial charge in [-0.05, 0) is 71.9 Å². The number of phenols is 2. The summed E-state index contributed by atoms with van der Waals surface area (Å²) in [7, 11) is 0. The van der Waals surface area contributed by atoms with E-state index in [0.717, 1.165) is 11.1 Å². The normalized spacial score (nSPS) is 19.9. The fraction of sp³-hybridized carbons (Fsp3) is 0.529. The molecular weight excluding hydrogens is 528 g/mol. The van der Waals surface area contributed by atoms with Crippen molar-refractivity contribution in [2.75, 3.05) is 26.2 Å². The molecular formula is C34H48N4O4. The third-order valence-corrected chi connectivity index (χ3v) is 7.36. The monoisotopic (exact) mass is 576 g/mol. The molecule has 0 radical (unpaired) electrons. The zero-order chi connectivity index (χ0) is 30.9. The van der Waals surface area contributed by atoms with Crippen LogP contribution in [0.25, 0.3) is 0 Å². The van der Waals surface area contributed by atoms with E-state index >= 15 is 0 Å². The van der Waals surface area contributed by atoms with Gasteiger partial charge >= 0.3 is 0 Å². The largest absolute Gasteiger partial charge is 0.507 e. The minimum absolute atomic E-state index is 0.107. The van der Waals surface area contributed by atoms with E-state index in [-0.39, 0.29) is 22.3 Å². The van der Waals surface area contributed by atoms with Crippen molar-refractivity contribution in [2.24, 2.45) is 20.0 Å². The molecule has 8 heteroatoms. The van der Waals surface area contributed by atoms with E-state index in [4.69, 9.17) is 0 Å². The molecule has 0 unspecified atom stereocenters. The number of hydrogen-bond acceptors (Lipinski definition) is 8. The molecule has 2 aromatic carbocycles. The first-order valence-electron chi connectivity index (χ1n) is 14.9. The molecule has 8 nitrogen and oxygen atoms in total. The molecule has 0 saturated carbocycles. The number of aromatic hydroxyl groups is 2. The third kappa shape index (κ3) is 9.88. The second kappa shape index (κ2) is 14.7. The third-order valence-electron chi connectivity index (χ3n) is 7.36. The maximum atomic E-state index is 10.9. The first-order valence-corrected chi connectivity index (χ1v) is 14.9. The van der Waals surface area contributed by atoms with Crippen molar-refractivity contribution in [3.8, 4) is 11.5 Å². The van der Waals surface area contributed by atoms with Crippen LogP contribution in [0.4, 0.5) is 0 Å². The summed E-state index contributed by atoms with van der Waals surface area (Å²) in [6.45, 7) is 14.3. The number of phenolic OH excluding ortho intramolecular Hbond substituents is 2. The van der Waals surface area contributed by atoms with Crippen LogP contribution >= 0.6 is 0 Å². The van der Waals surface area contributed by atoms with Gasteiger partial charge in [-0.3, -0.25) is 20.0 Å². The topological polar surface area (TPSA) is 130 Å². The zero-order valence-corrected chi connectivity index (χ0v) is 26.0. The number of hydrogen-bond donors (Lipinski definition) is 4. The first-order chi connectivity index (χ1) is 19.8. The number of aliphatic hydroxyl groups is 2. The van der Waals surface area contributed by atoms with E-state index < -0.39 is 12.2 Å². The van der Waals surface area contributed by atoms with Crippen molar-refractivity contribution in [1.82, 2.24) is 0 Å². The number of nitrogens with zero attached hydrogens (tertiary/aromatic N) is 4. The summed E-state index contributed by atoms with van der Waals surface area (Å²) in [4.78, 5) is 17.9. The highest BCUT2D eigenvalue weighted by Gasteiger charge is 2.19. The van der Waals surface area contributed by atoms with E-state index in [1.165, 1.54) is 0 Å². The molecule has 1 aliphatic heterocycles. The molecule has 42 heavy (non-hydrogen) atoms. The minimum atomic E-state index is -0.574. The van der Waals surface area contributed by atoms with Crippen LogP contribution in [0.5, 0.6) is 11.5 Å². The Morgan fingerprint density at radius 3 is 0.952 bits per heavy atom. The smallest absolute Gasteiger partial charge is 0.133 e. The average molecular weight is 577 g/mol. The molecule has 0 fully saturated rings. The van der Waals surface area contributed by atoms with Crippen LogP contribution in [0.2, 0.25) is 0 Å². The number of benzene rings is 2. The van der Waals surface area contributed by atoms with Gasteiger partial charge in [0, 0.05) is 73.3 Å². The summed E-state index contributed by atoms with van der Waals surface area (Å²) in [6, 6.07) is 7.74. The van der Waals surface area contributed by atoms with Crippen LogP contribution in [0, 0.1) is 0 Å². The van der Waals surface area contributed by atoms with Gasteiger partial charge < -0.3 is 20.4 Å². The zero-order valence-electron chi connectivity index (χ0n) is 26.0. The standard InChI is InChI=1S/C34H48N4O4/c1-33(2,3)27-15-23-19-35-11-7-29(39)9-13-37-21-25-17-28(34(4,5)6)18-26(32(25)42)22-38-14-10-30(40)8-12-36-20-24(16-27)31(23)41/h15-22,29-30,39-42H,7-14H2,1-6H3. The van der Waals surface area contributed by atoms with Gasteiger partial charge in [-0.1, -0.05) is 41.5 Å². The SMILES string of the molecule is CC(C)(C)c1cc2c(O)c(c1)C=NCCC(O)CCN=Cc1cc(C(C)(C)C)cc(c1O)C=NCCC(O)CCN=C2. The molecule has 3 rings (SSSR count). The van der Waals surface area contributed by atoms with Crippen molar-refractivity contribution in [3.05, 3.63) is 57.6 Å². The lowest BCUT2D eigenvalue weighted by molar-refractivity contribution is 0.160. The van der Waals surface area contributed by atoms with Gasteiger partial charge in [-0.2, -0.15) is 0 Å². The predicted octanol–water partition coefficient (Wildman–Crippen LogP) is 5.36. The van der Waals surface area contributed by atoms with Crippen LogP contribution in [-0.4, -0.2) is 83.7 Å². The van der Waals surface area contributed by atoms with Gasteiger partial charge in [0.15, 0.2) is 0 Å². The molecule has 0 amide bonds. The van der Waals surface area contributed by atoms with E-state index in [2.05, 4.69) is 61.5 Å². The van der Waals surface area contributed by atoms with Crippen molar-refractivity contribution < 1.29 is 20.4 Å². The number of fused-ring (bicyclic) bond motifs is 4. The molecule has 0 spiro atoms. The number of aliphatic imine (C=N–C) groups is 4. The van der Waals surface area contributed by atoms with Gasteiger partial charge in [0.05, 0.1) is 12.2 Å². The van der Waals surface area contributed by atoms with Crippen LogP contribution < -0.4 is 0 Å². The highest BCUT2D eigenvalue weighted by atomic mass is 16.3. The summed E-state index contributed by atoms with van der Waals surface area (Å²) >= 11 is 0. The molecule has 4 N–H and O–H groups in total. The van der Waals surface area contributed by atoms with E-state index in [9.17, 15) is 20.4 Å². The van der Waals surface area contributed by atoms with Gasteiger partial charge in [0.25, 0.3) is 0 Å². The molecule has 0 aromatic heterocycles. The molecule has 0 saturated heterocycles. The molecule has 228 valence electrons. The van der Waals surface area contributed by atoms with Gasteiger partial charge in [-0.15, -0.1) is 0 Å². The summed E-state index contributed by atoms with van der Waals surface area (Å²) in [6.07, 6.45) is 7.32. The maximum absolute atomic E-state index is 10.9. The summed E-state index contributed by atoms with van der Waals surface area (Å²) in [5.41, 5.74) is 4.23. The Labute approximate surface area is 250 Å². The number of rotatable bonds is 0. The van der Waals surface area contributed by atoms with Crippen molar-refractivity contribution in [2.45, 2.75) is 90.3 Å². The Balaban J connectivity index is 1.87. The average Bonchev–Trinajstić information content (AvgIpc) is 2.90. The van der Waals surface area contributed by atoms with E-state index in [1.807, 2.05) is 24.3 Å². The quantitative estimate of drug-likeness (QED) is 0.336. The molecule has 1 aliphatic rings. The fourth-order valence-electron chi connectivity index (χ4n) is 4.45. The number of aliphatic hydroxyl groups excluding tert-OH is 2. The lowest BCUT2D eigenvalue weighted by atomic mass is 9.85. The molecule has 2 aromatic rings. The van der Waals surface area contributed by atoms with Crippen molar-refractivity contribution in [1.29, 1.82) is 0 Å². The highest BCUT2D eigenvalue weighted by Crippen LogP contribution is 2.31. The Hall–Kier alpha value is -3.36. The Morgan fingerprint density at radius 2 is 0.738 bits per heavy atom. The lowest BCUT2D eigenvalue weighted by Gasteiger charge is -2.21. The highest BCUT2D eigenvalue weighted by molar-refractivity contribution is 5.93. The summed E-state index contributed by atoms with van der Waals surface area (Å²) < 4.78 is 0. The van der Waals surface area contributed by atoms with Crippen LogP contribution in [0.15, 0.2) is 44.2 Å². The van der Waals surface area contributed by atoms with Gasteiger partial charge in [0.1, 0.15) is 11.5 Å². The Bertz CT molecular complexity index is 1140. The maximum Gasteiger partial charge on any atom is 0.133 e. The molecule has 0 aliphatic carbocycles. The minimum Gasteiger partial charge on any atom is -0.507 e. The van der Waals surface area contributed by atoms with Gasteiger partial charge in [0.2, 0.25) is 0 Å². The molecule has 0 atom stereocenters. The second-order valence-electron chi connectivity index (χ2n) is 13.1. The summed E-state index contributed by atoms with van der Waals surface area (Å²) in [5.74, 6) is 0.214. The van der Waals surface area contributed by atoms with Crippen LogP contribution in [-0.2, 0) is 10.8 Å². The summed E-state index contributed by atoms with van der Waals surface area (Å²) in [5, 5.41) is 42.8. The predicted molar refractivity (Wildman–Crippen MR) is 174 cm³/mol. The van der Waals surface area contributed by atoms with Gasteiger partial charge in [-0.25, -0.2) is 0 Å². The van der Waals surface area contributed by atoms with Crippen LogP contribution in [0.1, 0.15) is 101 Å². The van der Waals surface area contributed by atoms with E-state index in [1.54, 1.807) is 24.9 Å². The van der Waals surface area contributed by atoms with Crippen molar-refractivity contribution in [3.63, 3.8) is 0 Å². The molecule has 4 bridgehead atoms.